The van der Waals surface area contributed by atoms with Crippen LogP contribution < -0.4 is 10.6 Å². The first-order valence-electron chi connectivity index (χ1n) is 6.17. The number of nitrogen functional groups attached to an aromatic ring is 1. The number of nitrogens with zero attached hydrogens (tertiary/aromatic N) is 3. The fourth-order valence-corrected chi connectivity index (χ4v) is 2.00. The summed E-state index contributed by atoms with van der Waals surface area (Å²) in [6.07, 6.45) is 2.47. The van der Waals surface area contributed by atoms with Crippen molar-refractivity contribution in [2.24, 2.45) is 0 Å². The highest BCUT2D eigenvalue weighted by atomic mass is 15.2. The van der Waals surface area contributed by atoms with Crippen LogP contribution in [0.1, 0.15) is 12.8 Å². The average Bonchev–Trinajstić information content (AvgIpc) is 3.22. The van der Waals surface area contributed by atoms with Crippen molar-refractivity contribution < 1.29 is 0 Å². The lowest BCUT2D eigenvalue weighted by Gasteiger charge is -2.18. The van der Waals surface area contributed by atoms with Crippen molar-refractivity contribution in [3.8, 4) is 11.4 Å². The van der Waals surface area contributed by atoms with Gasteiger partial charge in [-0.05, 0) is 12.8 Å². The third-order valence-corrected chi connectivity index (χ3v) is 3.22. The molecular weight excluding hydrogens is 224 g/mol. The van der Waals surface area contributed by atoms with E-state index in [0.29, 0.717) is 17.7 Å². The first-order valence-corrected chi connectivity index (χ1v) is 6.17. The molecule has 1 aromatic heterocycles. The van der Waals surface area contributed by atoms with Gasteiger partial charge in [-0.3, -0.25) is 0 Å². The summed E-state index contributed by atoms with van der Waals surface area (Å²) in [6, 6.07) is 12.4. The van der Waals surface area contributed by atoms with Gasteiger partial charge in [-0.1, -0.05) is 30.3 Å². The molecule has 0 radical (unpaired) electrons. The van der Waals surface area contributed by atoms with Crippen LogP contribution in [-0.4, -0.2) is 23.1 Å². The highest BCUT2D eigenvalue weighted by molar-refractivity contribution is 5.61. The summed E-state index contributed by atoms with van der Waals surface area (Å²) in [5.74, 6) is 2.12. The Morgan fingerprint density at radius 1 is 1.17 bits per heavy atom. The average molecular weight is 240 g/mol. The van der Waals surface area contributed by atoms with Gasteiger partial charge in [0.05, 0.1) is 0 Å². The van der Waals surface area contributed by atoms with Crippen molar-refractivity contribution in [1.82, 2.24) is 9.97 Å². The maximum absolute atomic E-state index is 5.88. The standard InChI is InChI=1S/C14H16N4/c1-18(11-7-8-11)13-9-12(15)16-14(17-13)10-5-3-2-4-6-10/h2-6,9,11H,7-8H2,1H3,(H2,15,16,17). The molecule has 0 aliphatic heterocycles. The lowest BCUT2D eigenvalue weighted by atomic mass is 10.2. The van der Waals surface area contributed by atoms with Crippen molar-refractivity contribution >= 4 is 11.6 Å². The minimum absolute atomic E-state index is 0.520. The van der Waals surface area contributed by atoms with Crippen LogP contribution in [0.25, 0.3) is 11.4 Å². The maximum atomic E-state index is 5.88. The third kappa shape index (κ3) is 2.14. The second-order valence-corrected chi connectivity index (χ2v) is 4.68. The smallest absolute Gasteiger partial charge is 0.163 e. The van der Waals surface area contributed by atoms with E-state index in [2.05, 4.69) is 21.9 Å². The SMILES string of the molecule is CN(c1cc(N)nc(-c2ccccc2)n1)C1CC1. The van der Waals surface area contributed by atoms with E-state index in [1.54, 1.807) is 0 Å². The molecule has 1 heterocycles. The Morgan fingerprint density at radius 3 is 2.56 bits per heavy atom. The molecule has 4 heteroatoms. The minimum atomic E-state index is 0.520. The molecule has 1 aliphatic carbocycles. The normalized spacial score (nSPS) is 14.5. The molecular formula is C14H16N4. The molecule has 18 heavy (non-hydrogen) atoms. The van der Waals surface area contributed by atoms with Crippen molar-refractivity contribution in [2.45, 2.75) is 18.9 Å². The monoisotopic (exact) mass is 240 g/mol. The largest absolute Gasteiger partial charge is 0.384 e. The lowest BCUT2D eigenvalue weighted by Crippen LogP contribution is -2.21. The first kappa shape index (κ1) is 11.0. The van der Waals surface area contributed by atoms with Gasteiger partial charge in [0, 0.05) is 24.7 Å². The molecule has 0 spiro atoms. The maximum Gasteiger partial charge on any atom is 0.163 e. The minimum Gasteiger partial charge on any atom is -0.384 e. The second-order valence-electron chi connectivity index (χ2n) is 4.68. The van der Waals surface area contributed by atoms with Crippen LogP contribution >= 0.6 is 0 Å². The van der Waals surface area contributed by atoms with Gasteiger partial charge in [-0.2, -0.15) is 0 Å². The molecule has 4 nitrogen and oxygen atoms in total. The summed E-state index contributed by atoms with van der Waals surface area (Å²) in [4.78, 5) is 11.1. The first-order chi connectivity index (χ1) is 8.74. The third-order valence-electron chi connectivity index (χ3n) is 3.22. The van der Waals surface area contributed by atoms with Crippen molar-refractivity contribution in [2.75, 3.05) is 17.7 Å². The fraction of sp³-hybridized carbons (Fsp3) is 0.286. The van der Waals surface area contributed by atoms with Gasteiger partial charge < -0.3 is 10.6 Å². The molecule has 0 atom stereocenters. The second kappa shape index (κ2) is 4.29. The van der Waals surface area contributed by atoms with E-state index in [1.807, 2.05) is 36.4 Å². The number of anilines is 2. The van der Waals surface area contributed by atoms with Crippen LogP contribution in [0, 0.1) is 0 Å². The molecule has 1 aliphatic rings. The van der Waals surface area contributed by atoms with E-state index >= 15 is 0 Å². The summed E-state index contributed by atoms with van der Waals surface area (Å²) in [6.45, 7) is 0. The van der Waals surface area contributed by atoms with Crippen LogP contribution in [0.4, 0.5) is 11.6 Å². The van der Waals surface area contributed by atoms with Crippen LogP contribution in [0.15, 0.2) is 36.4 Å². The Morgan fingerprint density at radius 2 is 1.89 bits per heavy atom. The molecule has 2 N–H and O–H groups in total. The molecule has 1 fully saturated rings. The van der Waals surface area contributed by atoms with Gasteiger partial charge in [-0.25, -0.2) is 9.97 Å². The molecule has 3 rings (SSSR count). The highest BCUT2D eigenvalue weighted by Crippen LogP contribution is 2.30. The number of hydrogen-bond acceptors (Lipinski definition) is 4. The van der Waals surface area contributed by atoms with E-state index < -0.39 is 0 Å². The molecule has 0 unspecified atom stereocenters. The summed E-state index contributed by atoms with van der Waals surface area (Å²) in [7, 11) is 2.06. The Labute approximate surface area is 106 Å². The molecule has 92 valence electrons. The van der Waals surface area contributed by atoms with Gasteiger partial charge in [0.1, 0.15) is 11.6 Å². The zero-order chi connectivity index (χ0) is 12.5. The van der Waals surface area contributed by atoms with Gasteiger partial charge >= 0.3 is 0 Å². The zero-order valence-corrected chi connectivity index (χ0v) is 10.4. The number of hydrogen-bond donors (Lipinski definition) is 1. The highest BCUT2D eigenvalue weighted by Gasteiger charge is 2.27. The van der Waals surface area contributed by atoms with E-state index in [9.17, 15) is 0 Å². The molecule has 0 saturated heterocycles. The summed E-state index contributed by atoms with van der Waals surface area (Å²) < 4.78 is 0. The summed E-state index contributed by atoms with van der Waals surface area (Å²) >= 11 is 0. The van der Waals surface area contributed by atoms with Gasteiger partial charge in [-0.15, -0.1) is 0 Å². The van der Waals surface area contributed by atoms with E-state index in [1.165, 1.54) is 12.8 Å². The lowest BCUT2D eigenvalue weighted by molar-refractivity contribution is 0.888. The summed E-state index contributed by atoms with van der Waals surface area (Å²) in [5.41, 5.74) is 6.87. The predicted octanol–water partition coefficient (Wildman–Crippen LogP) is 2.32. The Kier molecular flexibility index (Phi) is 2.63. The van der Waals surface area contributed by atoms with Crippen LogP contribution in [0.3, 0.4) is 0 Å². The Hall–Kier alpha value is -2.10. The number of aromatic nitrogens is 2. The predicted molar refractivity (Wildman–Crippen MR) is 73.3 cm³/mol. The number of benzene rings is 1. The van der Waals surface area contributed by atoms with Crippen LogP contribution in [0.2, 0.25) is 0 Å². The number of nitrogens with two attached hydrogens (primary N) is 1. The number of rotatable bonds is 3. The molecule has 0 bridgehead atoms. The van der Waals surface area contributed by atoms with Crippen molar-refractivity contribution in [1.29, 1.82) is 0 Å². The van der Waals surface area contributed by atoms with Gasteiger partial charge in [0.2, 0.25) is 0 Å². The molecule has 1 aromatic carbocycles. The van der Waals surface area contributed by atoms with E-state index in [-0.39, 0.29) is 0 Å². The topological polar surface area (TPSA) is 55.0 Å². The Bertz CT molecular complexity index is 549. The van der Waals surface area contributed by atoms with Crippen molar-refractivity contribution in [3.63, 3.8) is 0 Å². The zero-order valence-electron chi connectivity index (χ0n) is 10.4. The molecule has 1 saturated carbocycles. The van der Waals surface area contributed by atoms with Gasteiger partial charge in [0.25, 0.3) is 0 Å². The van der Waals surface area contributed by atoms with Crippen LogP contribution in [0.5, 0.6) is 0 Å². The Balaban J connectivity index is 2.00. The summed E-state index contributed by atoms with van der Waals surface area (Å²) in [5, 5.41) is 0. The quantitative estimate of drug-likeness (QED) is 0.894. The molecule has 0 amide bonds. The van der Waals surface area contributed by atoms with Gasteiger partial charge in [0.15, 0.2) is 5.82 Å². The fourth-order valence-electron chi connectivity index (χ4n) is 2.00. The van der Waals surface area contributed by atoms with Crippen LogP contribution in [-0.2, 0) is 0 Å². The molecule has 2 aromatic rings. The van der Waals surface area contributed by atoms with E-state index in [4.69, 9.17) is 5.73 Å². The van der Waals surface area contributed by atoms with E-state index in [0.717, 1.165) is 11.4 Å². The van der Waals surface area contributed by atoms with Crippen molar-refractivity contribution in [3.05, 3.63) is 36.4 Å².